The summed E-state index contributed by atoms with van der Waals surface area (Å²) in [5.74, 6) is 0.523. The number of fused-ring (bicyclic) bond motifs is 1. The second kappa shape index (κ2) is 5.98. The van der Waals surface area contributed by atoms with Crippen LogP contribution in [-0.4, -0.2) is 20.0 Å². The largest absolute Gasteiger partial charge is 0.496 e. The van der Waals surface area contributed by atoms with E-state index in [0.29, 0.717) is 33.8 Å². The molecule has 0 saturated heterocycles. The first kappa shape index (κ1) is 15.1. The normalized spacial score (nSPS) is 14.4. The molecule has 5 nitrogen and oxygen atoms in total. The lowest BCUT2D eigenvalue weighted by atomic mass is 9.99. The van der Waals surface area contributed by atoms with Gasteiger partial charge in [-0.25, -0.2) is 0 Å². The zero-order valence-corrected chi connectivity index (χ0v) is 13.4. The van der Waals surface area contributed by atoms with Crippen LogP contribution in [0, 0.1) is 22.7 Å². The van der Waals surface area contributed by atoms with Gasteiger partial charge in [0.2, 0.25) is 0 Å². The van der Waals surface area contributed by atoms with Gasteiger partial charge in [-0.05, 0) is 16.2 Å². The smallest absolute Gasteiger partial charge is 0.198 e. The average molecular weight is 392 g/mol. The van der Waals surface area contributed by atoms with E-state index in [1.54, 1.807) is 16.2 Å². The minimum Gasteiger partial charge on any atom is -0.496 e. The highest BCUT2D eigenvalue weighted by Crippen LogP contribution is 2.47. The van der Waals surface area contributed by atoms with Crippen molar-refractivity contribution in [3.8, 4) is 23.6 Å². The number of ketones is 1. The molecule has 6 heteroatoms. The molecule has 0 spiro atoms. The maximum atomic E-state index is 12.6. The van der Waals surface area contributed by atoms with Gasteiger partial charge in [0.1, 0.15) is 29.2 Å². The van der Waals surface area contributed by atoms with Gasteiger partial charge in [-0.1, -0.05) is 22.6 Å². The molecule has 1 aliphatic carbocycles. The topological polar surface area (TPSA) is 83.1 Å². The lowest BCUT2D eigenvalue weighted by Crippen LogP contribution is -1.99. The lowest BCUT2D eigenvalue weighted by molar-refractivity contribution is 0.104. The van der Waals surface area contributed by atoms with Crippen LogP contribution in [0.25, 0.3) is 5.57 Å². The Morgan fingerprint density at radius 2 is 1.67 bits per heavy atom. The van der Waals surface area contributed by atoms with Crippen LogP contribution in [0.5, 0.6) is 11.5 Å². The van der Waals surface area contributed by atoms with Crippen molar-refractivity contribution in [3.05, 3.63) is 38.5 Å². The van der Waals surface area contributed by atoms with Gasteiger partial charge in [0, 0.05) is 16.7 Å². The van der Waals surface area contributed by atoms with Crippen LogP contribution in [0.3, 0.4) is 0 Å². The number of hydrogen-bond acceptors (Lipinski definition) is 5. The molecule has 0 atom stereocenters. The zero-order chi connectivity index (χ0) is 15.6. The third kappa shape index (κ3) is 2.18. The molecule has 1 aromatic carbocycles. The van der Waals surface area contributed by atoms with Gasteiger partial charge in [0.15, 0.2) is 5.78 Å². The maximum absolute atomic E-state index is 12.6. The van der Waals surface area contributed by atoms with Gasteiger partial charge in [-0.2, -0.15) is 10.5 Å². The molecule has 0 amide bonds. The van der Waals surface area contributed by atoms with Crippen LogP contribution in [-0.2, 0) is 0 Å². The average Bonchev–Trinajstić information content (AvgIpc) is 2.81. The fourth-order valence-corrected chi connectivity index (χ4v) is 2.86. The Kier molecular flexibility index (Phi) is 4.29. The summed E-state index contributed by atoms with van der Waals surface area (Å²) in [5, 5.41) is 18.3. The van der Waals surface area contributed by atoms with Gasteiger partial charge >= 0.3 is 0 Å². The number of allylic oxidation sites excluding steroid dienone is 3. The summed E-state index contributed by atoms with van der Waals surface area (Å²) in [6.07, 6.45) is 0. The van der Waals surface area contributed by atoms with E-state index >= 15 is 0 Å². The third-order valence-corrected chi connectivity index (χ3v) is 3.77. The molecule has 0 bridgehead atoms. The molecular weight excluding hydrogens is 383 g/mol. The van der Waals surface area contributed by atoms with E-state index < -0.39 is 0 Å². The fourth-order valence-electron chi connectivity index (χ4n) is 2.26. The number of rotatable bonds is 2. The van der Waals surface area contributed by atoms with Crippen LogP contribution in [0.4, 0.5) is 0 Å². The molecule has 0 heterocycles. The summed E-state index contributed by atoms with van der Waals surface area (Å²) < 4.78 is 12.1. The van der Waals surface area contributed by atoms with Crippen LogP contribution in [0.2, 0.25) is 0 Å². The van der Waals surface area contributed by atoms with E-state index in [1.807, 2.05) is 34.7 Å². The highest BCUT2D eigenvalue weighted by molar-refractivity contribution is 14.1. The third-order valence-electron chi connectivity index (χ3n) is 3.14. The lowest BCUT2D eigenvalue weighted by Gasteiger charge is -2.10. The minimum absolute atomic E-state index is 0.128. The number of halogens is 1. The Labute approximate surface area is 135 Å². The summed E-state index contributed by atoms with van der Waals surface area (Å²) in [5.41, 5.74) is 1.22. The molecule has 0 fully saturated rings. The number of ether oxygens (including phenoxy) is 2. The maximum Gasteiger partial charge on any atom is 0.198 e. The van der Waals surface area contributed by atoms with Gasteiger partial charge < -0.3 is 9.47 Å². The Balaban J connectivity index is 3.00. The number of nitrogens with zero attached hydrogens (tertiary/aromatic N) is 2. The van der Waals surface area contributed by atoms with Gasteiger partial charge in [0.05, 0.1) is 19.8 Å². The second-order valence-corrected chi connectivity index (χ2v) is 4.67. The first-order valence-electron chi connectivity index (χ1n) is 5.79. The number of hydrogen-bond donors (Lipinski definition) is 0. The Morgan fingerprint density at radius 3 is 2.10 bits per heavy atom. The molecule has 0 aliphatic heterocycles. The standard InChI is InChI=1S/C15H9IN2O3/c1-20-10-3-4-11(21-2)14-13(10)12(8(6-17)7-18)9(5-16)15(14)19/h3-5H,1-2H3/b9-5+. The highest BCUT2D eigenvalue weighted by Gasteiger charge is 2.37. The predicted molar refractivity (Wildman–Crippen MR) is 84.1 cm³/mol. The monoisotopic (exact) mass is 392 g/mol. The predicted octanol–water partition coefficient (Wildman–Crippen LogP) is 3.02. The zero-order valence-electron chi connectivity index (χ0n) is 11.2. The summed E-state index contributed by atoms with van der Waals surface area (Å²) in [6, 6.07) is 6.94. The molecule has 0 aromatic heterocycles. The summed E-state index contributed by atoms with van der Waals surface area (Å²) in [6.45, 7) is 0. The van der Waals surface area contributed by atoms with E-state index in [1.165, 1.54) is 14.2 Å². The first-order chi connectivity index (χ1) is 10.1. The molecule has 0 N–H and O–H groups in total. The molecule has 2 rings (SSSR count). The van der Waals surface area contributed by atoms with Gasteiger partial charge in [-0.15, -0.1) is 0 Å². The van der Waals surface area contributed by atoms with Crippen molar-refractivity contribution in [2.24, 2.45) is 0 Å². The van der Waals surface area contributed by atoms with Crippen molar-refractivity contribution >= 4 is 33.9 Å². The molecule has 21 heavy (non-hydrogen) atoms. The molecule has 1 aliphatic rings. The molecule has 0 radical (unpaired) electrons. The Hall–Kier alpha value is -2.32. The number of carbonyl (C=O) groups is 1. The number of carbonyl (C=O) groups excluding carboxylic acids is 1. The minimum atomic E-state index is -0.284. The summed E-state index contributed by atoms with van der Waals surface area (Å²) in [7, 11) is 2.92. The quantitative estimate of drug-likeness (QED) is 0.439. The Bertz CT molecular complexity index is 763. The van der Waals surface area contributed by atoms with Gasteiger partial charge in [-0.3, -0.25) is 4.79 Å². The Morgan fingerprint density at radius 1 is 1.14 bits per heavy atom. The van der Waals surface area contributed by atoms with E-state index in [9.17, 15) is 4.79 Å². The fraction of sp³-hybridized carbons (Fsp3) is 0.133. The van der Waals surface area contributed by atoms with E-state index in [4.69, 9.17) is 20.0 Å². The van der Waals surface area contributed by atoms with Gasteiger partial charge in [0.25, 0.3) is 0 Å². The van der Waals surface area contributed by atoms with E-state index in [0.717, 1.165) is 0 Å². The molecule has 1 aromatic rings. The van der Waals surface area contributed by atoms with E-state index in [-0.39, 0.29) is 11.4 Å². The molecule has 104 valence electrons. The van der Waals surface area contributed by atoms with Crippen molar-refractivity contribution in [3.63, 3.8) is 0 Å². The number of methoxy groups -OCH3 is 2. The highest BCUT2D eigenvalue weighted by atomic mass is 127. The second-order valence-electron chi connectivity index (χ2n) is 4.05. The molecule has 0 unspecified atom stereocenters. The van der Waals surface area contributed by atoms with Crippen LogP contribution in [0.1, 0.15) is 15.9 Å². The van der Waals surface area contributed by atoms with Crippen LogP contribution in [0.15, 0.2) is 27.4 Å². The SMILES string of the molecule is COc1ccc(OC)c2c1C(=O)/C(=C/I)C2=C(C#N)C#N. The van der Waals surface area contributed by atoms with Crippen molar-refractivity contribution in [2.45, 2.75) is 0 Å². The van der Waals surface area contributed by atoms with Crippen molar-refractivity contribution in [1.82, 2.24) is 0 Å². The number of benzene rings is 1. The molecule has 0 saturated carbocycles. The van der Waals surface area contributed by atoms with Crippen molar-refractivity contribution in [1.29, 1.82) is 10.5 Å². The van der Waals surface area contributed by atoms with Crippen LogP contribution < -0.4 is 9.47 Å². The summed E-state index contributed by atoms with van der Waals surface area (Å²) in [4.78, 5) is 12.6. The number of nitriles is 2. The van der Waals surface area contributed by atoms with Crippen molar-refractivity contribution < 1.29 is 14.3 Å². The first-order valence-corrected chi connectivity index (χ1v) is 7.04. The summed E-state index contributed by atoms with van der Waals surface area (Å²) >= 11 is 1.91. The number of Topliss-reactive ketones (excluding diaryl/α,β-unsaturated/α-hetero) is 1. The van der Waals surface area contributed by atoms with Crippen LogP contribution >= 0.6 is 22.6 Å². The van der Waals surface area contributed by atoms with E-state index in [2.05, 4.69) is 0 Å². The molecular formula is C15H9IN2O3. The van der Waals surface area contributed by atoms with Crippen molar-refractivity contribution in [2.75, 3.05) is 14.2 Å².